The van der Waals surface area contributed by atoms with Crippen LogP contribution in [0, 0.1) is 0 Å². The zero-order chi connectivity index (χ0) is 22.7. The molecular formula is C21H22ClN5O5. The third-order valence-corrected chi connectivity index (χ3v) is 5.08. The monoisotopic (exact) mass is 459 g/mol. The molecule has 0 bridgehead atoms. The molecule has 3 atom stereocenters. The van der Waals surface area contributed by atoms with Crippen LogP contribution in [-0.2, 0) is 30.3 Å². The zero-order valence-electron chi connectivity index (χ0n) is 17.5. The SMILES string of the molecule is CC(=O)OC[C@@H]1C[C@@H](OC(C)=O)[C@H](n2cnc3c(NCc4ccccc4)nc(Cl)nc32)O1. The number of carbonyl (C=O) groups excluding carboxylic acids is 2. The van der Waals surface area contributed by atoms with Crippen molar-refractivity contribution in [3.05, 3.63) is 47.5 Å². The van der Waals surface area contributed by atoms with Gasteiger partial charge in [-0.3, -0.25) is 14.2 Å². The summed E-state index contributed by atoms with van der Waals surface area (Å²) in [5, 5.41) is 3.27. The van der Waals surface area contributed by atoms with E-state index >= 15 is 0 Å². The average molecular weight is 460 g/mol. The molecule has 0 spiro atoms. The molecule has 0 unspecified atom stereocenters. The van der Waals surface area contributed by atoms with Crippen molar-refractivity contribution in [2.24, 2.45) is 0 Å². The fourth-order valence-corrected chi connectivity index (χ4v) is 3.74. The van der Waals surface area contributed by atoms with Crippen molar-refractivity contribution >= 4 is 40.5 Å². The van der Waals surface area contributed by atoms with E-state index in [-0.39, 0.29) is 11.9 Å². The van der Waals surface area contributed by atoms with Gasteiger partial charge in [-0.05, 0) is 17.2 Å². The van der Waals surface area contributed by atoms with Crippen LogP contribution in [0.15, 0.2) is 36.7 Å². The molecule has 1 fully saturated rings. The maximum Gasteiger partial charge on any atom is 0.303 e. The topological polar surface area (TPSA) is 117 Å². The van der Waals surface area contributed by atoms with Crippen LogP contribution in [0.3, 0.4) is 0 Å². The third kappa shape index (κ3) is 4.97. The van der Waals surface area contributed by atoms with Gasteiger partial charge in [0.2, 0.25) is 5.28 Å². The highest BCUT2D eigenvalue weighted by molar-refractivity contribution is 6.28. The first-order valence-electron chi connectivity index (χ1n) is 10.0. The van der Waals surface area contributed by atoms with Crippen LogP contribution < -0.4 is 5.32 Å². The summed E-state index contributed by atoms with van der Waals surface area (Å²) in [6.07, 6.45) is 0.129. The van der Waals surface area contributed by atoms with E-state index in [0.29, 0.717) is 29.9 Å². The molecule has 168 valence electrons. The lowest BCUT2D eigenvalue weighted by Gasteiger charge is -2.20. The van der Waals surface area contributed by atoms with Crippen molar-refractivity contribution in [2.75, 3.05) is 11.9 Å². The van der Waals surface area contributed by atoms with Gasteiger partial charge in [-0.15, -0.1) is 0 Å². The van der Waals surface area contributed by atoms with Gasteiger partial charge < -0.3 is 19.5 Å². The normalized spacial score (nSPS) is 20.3. The maximum absolute atomic E-state index is 11.6. The Morgan fingerprint density at radius 1 is 1.22 bits per heavy atom. The van der Waals surface area contributed by atoms with Gasteiger partial charge >= 0.3 is 11.9 Å². The number of rotatable bonds is 7. The van der Waals surface area contributed by atoms with E-state index in [2.05, 4.69) is 20.3 Å². The van der Waals surface area contributed by atoms with Gasteiger partial charge in [-0.2, -0.15) is 9.97 Å². The quantitative estimate of drug-likeness (QED) is 0.420. The number of hydrogen-bond donors (Lipinski definition) is 1. The molecule has 32 heavy (non-hydrogen) atoms. The molecule has 4 rings (SSSR count). The molecule has 0 aliphatic carbocycles. The maximum atomic E-state index is 11.6. The zero-order valence-corrected chi connectivity index (χ0v) is 18.3. The Morgan fingerprint density at radius 3 is 2.72 bits per heavy atom. The lowest BCUT2D eigenvalue weighted by molar-refractivity contribution is -0.152. The molecule has 10 nitrogen and oxygen atoms in total. The Hall–Kier alpha value is -3.24. The van der Waals surface area contributed by atoms with Crippen molar-refractivity contribution in [1.29, 1.82) is 0 Å². The average Bonchev–Trinajstić information content (AvgIpc) is 3.34. The number of ether oxygens (including phenoxy) is 3. The molecule has 1 saturated heterocycles. The van der Waals surface area contributed by atoms with Crippen LogP contribution in [0.2, 0.25) is 5.28 Å². The van der Waals surface area contributed by atoms with Crippen LogP contribution in [0.1, 0.15) is 32.1 Å². The number of carbonyl (C=O) groups is 2. The second-order valence-corrected chi connectivity index (χ2v) is 7.68. The number of halogens is 1. The van der Waals surface area contributed by atoms with Crippen molar-refractivity contribution in [3.63, 3.8) is 0 Å². The second-order valence-electron chi connectivity index (χ2n) is 7.34. The van der Waals surface area contributed by atoms with E-state index in [1.54, 1.807) is 10.9 Å². The van der Waals surface area contributed by atoms with Gasteiger partial charge in [-0.25, -0.2) is 4.98 Å². The van der Waals surface area contributed by atoms with E-state index in [0.717, 1.165) is 5.56 Å². The first-order chi connectivity index (χ1) is 15.4. The van der Waals surface area contributed by atoms with Crippen molar-refractivity contribution in [1.82, 2.24) is 19.5 Å². The Morgan fingerprint density at radius 2 is 2.00 bits per heavy atom. The minimum atomic E-state index is -0.711. The molecule has 0 amide bonds. The molecule has 11 heteroatoms. The van der Waals surface area contributed by atoms with Crippen LogP contribution in [-0.4, -0.2) is 50.3 Å². The molecule has 1 aliphatic rings. The molecule has 0 saturated carbocycles. The van der Waals surface area contributed by atoms with Gasteiger partial charge in [0.15, 0.2) is 23.2 Å². The van der Waals surface area contributed by atoms with E-state index in [1.807, 2.05) is 30.3 Å². The molecule has 1 aliphatic heterocycles. The molecule has 0 radical (unpaired) electrons. The highest BCUT2D eigenvalue weighted by atomic mass is 35.5. The minimum Gasteiger partial charge on any atom is -0.463 e. The first-order valence-corrected chi connectivity index (χ1v) is 10.4. The Bertz CT molecular complexity index is 1120. The number of fused-ring (bicyclic) bond motifs is 1. The summed E-state index contributed by atoms with van der Waals surface area (Å²) in [7, 11) is 0. The van der Waals surface area contributed by atoms with Crippen LogP contribution in [0.4, 0.5) is 5.82 Å². The predicted octanol–water partition coefficient (Wildman–Crippen LogP) is 2.87. The molecule has 2 aromatic heterocycles. The number of aromatic nitrogens is 4. The van der Waals surface area contributed by atoms with Gasteiger partial charge in [0.05, 0.1) is 12.4 Å². The van der Waals surface area contributed by atoms with Crippen LogP contribution >= 0.6 is 11.6 Å². The van der Waals surface area contributed by atoms with Crippen molar-refractivity contribution < 1.29 is 23.8 Å². The minimum absolute atomic E-state index is 0.0355. The first kappa shape index (κ1) is 22.0. The van der Waals surface area contributed by atoms with Crippen LogP contribution in [0.5, 0.6) is 0 Å². The third-order valence-electron chi connectivity index (χ3n) is 4.91. The van der Waals surface area contributed by atoms with Gasteiger partial charge in [0.1, 0.15) is 12.7 Å². The summed E-state index contributed by atoms with van der Waals surface area (Å²) >= 11 is 6.19. The molecular weight excluding hydrogens is 438 g/mol. The Balaban J connectivity index is 1.61. The molecule has 3 heterocycles. The van der Waals surface area contributed by atoms with E-state index in [1.165, 1.54) is 13.8 Å². The lowest BCUT2D eigenvalue weighted by atomic mass is 10.2. The summed E-state index contributed by atoms with van der Waals surface area (Å²) in [6.45, 7) is 3.22. The number of nitrogens with zero attached hydrogens (tertiary/aromatic N) is 4. The molecule has 3 aromatic rings. The van der Waals surface area contributed by atoms with Crippen molar-refractivity contribution in [3.8, 4) is 0 Å². The summed E-state index contributed by atoms with van der Waals surface area (Å²) in [5.74, 6) is -0.386. The van der Waals surface area contributed by atoms with Gasteiger partial charge in [-0.1, -0.05) is 30.3 Å². The summed E-state index contributed by atoms with van der Waals surface area (Å²) < 4.78 is 18.2. The van der Waals surface area contributed by atoms with Crippen molar-refractivity contribution in [2.45, 2.75) is 45.2 Å². The smallest absolute Gasteiger partial charge is 0.303 e. The Kier molecular flexibility index (Phi) is 6.52. The summed E-state index contributed by atoms with van der Waals surface area (Å²) in [6, 6.07) is 9.83. The number of imidazole rings is 1. The second kappa shape index (κ2) is 9.49. The molecule has 1 aromatic carbocycles. The number of benzene rings is 1. The predicted molar refractivity (Wildman–Crippen MR) is 115 cm³/mol. The highest BCUT2D eigenvalue weighted by Crippen LogP contribution is 2.34. The van der Waals surface area contributed by atoms with Crippen LogP contribution in [0.25, 0.3) is 11.2 Å². The van der Waals surface area contributed by atoms with E-state index in [4.69, 9.17) is 25.8 Å². The molecule has 1 N–H and O–H groups in total. The summed E-state index contributed by atoms with van der Waals surface area (Å²) in [4.78, 5) is 35.8. The highest BCUT2D eigenvalue weighted by Gasteiger charge is 2.40. The number of hydrogen-bond acceptors (Lipinski definition) is 9. The number of anilines is 1. The number of nitrogens with one attached hydrogen (secondary N) is 1. The summed E-state index contributed by atoms with van der Waals surface area (Å²) in [5.41, 5.74) is 1.99. The Labute approximate surface area is 188 Å². The van der Waals surface area contributed by atoms with Gasteiger partial charge in [0.25, 0.3) is 0 Å². The standard InChI is InChI=1S/C21H22ClN5O5/c1-12(28)30-10-15-8-16(31-13(2)29)20(32-15)27-11-24-17-18(25-21(22)26-19(17)27)23-9-14-6-4-3-5-7-14/h3-7,11,15-16,20H,8-10H2,1-2H3,(H,23,25,26)/t15-,16+,20+/m0/s1. The fraction of sp³-hybridized carbons (Fsp3) is 0.381. The fourth-order valence-electron chi connectivity index (χ4n) is 3.58. The van der Waals surface area contributed by atoms with Gasteiger partial charge in [0, 0.05) is 26.8 Å². The number of esters is 2. The van der Waals surface area contributed by atoms with E-state index < -0.39 is 30.4 Å². The largest absolute Gasteiger partial charge is 0.463 e. The van der Waals surface area contributed by atoms with E-state index in [9.17, 15) is 9.59 Å². The lowest BCUT2D eigenvalue weighted by Crippen LogP contribution is -2.24.